The number of aromatic amines is 1. The molecule has 0 bridgehead atoms. The number of imidazole rings is 1. The van der Waals surface area contributed by atoms with Crippen LogP contribution in [0.25, 0.3) is 0 Å². The summed E-state index contributed by atoms with van der Waals surface area (Å²) in [5.74, 6) is 0.935. The van der Waals surface area contributed by atoms with E-state index in [2.05, 4.69) is 27.2 Å². The predicted molar refractivity (Wildman–Crippen MR) is 59.6 cm³/mol. The van der Waals surface area contributed by atoms with Gasteiger partial charge in [-0.25, -0.2) is 4.98 Å². The van der Waals surface area contributed by atoms with Crippen LogP contribution < -0.4 is 5.32 Å². The van der Waals surface area contributed by atoms with Crippen molar-refractivity contribution in [2.75, 3.05) is 5.32 Å². The average Bonchev–Trinajstić information content (AvgIpc) is 2.70. The molecule has 15 heavy (non-hydrogen) atoms. The molecule has 0 spiro atoms. The monoisotopic (exact) mass is 202 g/mol. The molecule has 0 saturated carbocycles. The van der Waals surface area contributed by atoms with Gasteiger partial charge in [0.25, 0.3) is 0 Å². The third-order valence-electron chi connectivity index (χ3n) is 2.21. The summed E-state index contributed by atoms with van der Waals surface area (Å²) in [5.41, 5.74) is 2.07. The van der Waals surface area contributed by atoms with Gasteiger partial charge in [-0.2, -0.15) is 0 Å². The molecule has 2 N–H and O–H groups in total. The van der Waals surface area contributed by atoms with Crippen molar-refractivity contribution < 1.29 is 0 Å². The van der Waals surface area contributed by atoms with Crippen LogP contribution in [0.3, 0.4) is 0 Å². The summed E-state index contributed by atoms with van der Waals surface area (Å²) in [6.07, 6.45) is 5.38. The van der Waals surface area contributed by atoms with Crippen LogP contribution >= 0.6 is 0 Å². The molecule has 1 unspecified atom stereocenters. The second-order valence-electron chi connectivity index (χ2n) is 3.53. The molecule has 2 aromatic heterocycles. The van der Waals surface area contributed by atoms with E-state index in [1.807, 2.05) is 25.3 Å². The highest BCUT2D eigenvalue weighted by atomic mass is 15.0. The van der Waals surface area contributed by atoms with Crippen LogP contribution in [0.5, 0.6) is 0 Å². The summed E-state index contributed by atoms with van der Waals surface area (Å²) in [6.45, 7) is 4.04. The highest BCUT2D eigenvalue weighted by molar-refractivity contribution is 5.44. The number of aryl methyl sites for hydroxylation is 1. The number of nitrogens with one attached hydrogen (secondary N) is 2. The molecular formula is C11H14N4. The Morgan fingerprint density at radius 2 is 2.20 bits per heavy atom. The third-order valence-corrected chi connectivity index (χ3v) is 2.21. The smallest absolute Gasteiger partial charge is 0.128 e. The van der Waals surface area contributed by atoms with Gasteiger partial charge < -0.3 is 10.3 Å². The van der Waals surface area contributed by atoms with Crippen LogP contribution in [0.15, 0.2) is 30.7 Å². The molecule has 0 aliphatic rings. The van der Waals surface area contributed by atoms with E-state index in [-0.39, 0.29) is 6.04 Å². The summed E-state index contributed by atoms with van der Waals surface area (Å²) < 4.78 is 0. The van der Waals surface area contributed by atoms with E-state index in [0.717, 1.165) is 17.2 Å². The number of nitrogens with zero attached hydrogens (tertiary/aromatic N) is 2. The molecule has 2 heterocycles. The molecule has 2 aromatic rings. The Kier molecular flexibility index (Phi) is 2.67. The summed E-state index contributed by atoms with van der Waals surface area (Å²) in [6, 6.07) is 4.13. The number of hydrogen-bond acceptors (Lipinski definition) is 3. The van der Waals surface area contributed by atoms with Crippen LogP contribution in [-0.4, -0.2) is 15.0 Å². The van der Waals surface area contributed by atoms with Crippen molar-refractivity contribution in [3.8, 4) is 0 Å². The van der Waals surface area contributed by atoms with Gasteiger partial charge in [0.2, 0.25) is 0 Å². The lowest BCUT2D eigenvalue weighted by Crippen LogP contribution is -2.08. The molecule has 0 amide bonds. The van der Waals surface area contributed by atoms with Crippen molar-refractivity contribution in [2.24, 2.45) is 0 Å². The molecule has 4 nitrogen and oxygen atoms in total. The molecule has 0 aliphatic carbocycles. The van der Waals surface area contributed by atoms with Gasteiger partial charge in [-0.15, -0.1) is 0 Å². The van der Waals surface area contributed by atoms with Crippen molar-refractivity contribution in [3.63, 3.8) is 0 Å². The number of aromatic nitrogens is 3. The fourth-order valence-corrected chi connectivity index (χ4v) is 1.47. The Bertz CT molecular complexity index is 422. The quantitative estimate of drug-likeness (QED) is 0.802. The van der Waals surface area contributed by atoms with Gasteiger partial charge in [0.1, 0.15) is 5.82 Å². The zero-order valence-corrected chi connectivity index (χ0v) is 8.86. The van der Waals surface area contributed by atoms with Crippen LogP contribution in [-0.2, 0) is 0 Å². The van der Waals surface area contributed by atoms with E-state index in [1.54, 1.807) is 12.4 Å². The van der Waals surface area contributed by atoms with E-state index in [0.29, 0.717) is 0 Å². The van der Waals surface area contributed by atoms with Crippen LogP contribution in [0, 0.1) is 6.92 Å². The maximum absolute atomic E-state index is 4.20. The first-order valence-corrected chi connectivity index (χ1v) is 4.94. The Morgan fingerprint density at radius 3 is 2.87 bits per heavy atom. The van der Waals surface area contributed by atoms with Gasteiger partial charge in [0, 0.05) is 30.0 Å². The number of rotatable bonds is 3. The van der Waals surface area contributed by atoms with E-state index in [4.69, 9.17) is 0 Å². The second kappa shape index (κ2) is 4.13. The van der Waals surface area contributed by atoms with E-state index >= 15 is 0 Å². The molecule has 2 rings (SSSR count). The summed E-state index contributed by atoms with van der Waals surface area (Å²) in [7, 11) is 0. The Labute approximate surface area is 88.8 Å². The minimum Gasteiger partial charge on any atom is -0.375 e. The van der Waals surface area contributed by atoms with Crippen LogP contribution in [0.1, 0.15) is 24.5 Å². The van der Waals surface area contributed by atoms with E-state index < -0.39 is 0 Å². The average molecular weight is 202 g/mol. The minimum absolute atomic E-state index is 0.168. The fraction of sp³-hybridized carbons (Fsp3) is 0.273. The summed E-state index contributed by atoms with van der Waals surface area (Å²) in [5, 5.41) is 3.35. The van der Waals surface area contributed by atoms with Crippen molar-refractivity contribution in [1.29, 1.82) is 0 Å². The third kappa shape index (κ3) is 2.34. The number of H-pyrrole nitrogens is 1. The molecule has 4 heteroatoms. The first kappa shape index (κ1) is 9.71. The Morgan fingerprint density at radius 1 is 1.33 bits per heavy atom. The molecule has 1 atom stereocenters. The Hall–Kier alpha value is -1.84. The van der Waals surface area contributed by atoms with Crippen LogP contribution in [0.2, 0.25) is 0 Å². The van der Waals surface area contributed by atoms with Crippen molar-refractivity contribution in [2.45, 2.75) is 19.9 Å². The lowest BCUT2D eigenvalue weighted by molar-refractivity contribution is 0.809. The minimum atomic E-state index is 0.168. The topological polar surface area (TPSA) is 53.6 Å². The molecule has 0 aliphatic heterocycles. The van der Waals surface area contributed by atoms with Crippen LogP contribution in [0.4, 0.5) is 5.69 Å². The normalized spacial score (nSPS) is 12.4. The number of hydrogen-bond donors (Lipinski definition) is 2. The van der Waals surface area contributed by atoms with Gasteiger partial charge >= 0.3 is 0 Å². The SMILES string of the molecule is Cc1cc(NC(C)c2ncc[nH]2)ccn1. The highest BCUT2D eigenvalue weighted by Gasteiger charge is 2.06. The predicted octanol–water partition coefficient (Wildman–Crippen LogP) is 2.29. The second-order valence-corrected chi connectivity index (χ2v) is 3.53. The standard InChI is InChI=1S/C11H14N4/c1-8-7-10(3-4-12-8)15-9(2)11-13-5-6-14-11/h3-7,9H,1-2H3,(H,12,15)(H,13,14). The molecule has 0 radical (unpaired) electrons. The van der Waals surface area contributed by atoms with Gasteiger partial charge in [-0.1, -0.05) is 0 Å². The van der Waals surface area contributed by atoms with Gasteiger partial charge in [0.05, 0.1) is 6.04 Å². The zero-order valence-electron chi connectivity index (χ0n) is 8.86. The van der Waals surface area contributed by atoms with Gasteiger partial charge in [-0.05, 0) is 26.0 Å². The fourth-order valence-electron chi connectivity index (χ4n) is 1.47. The summed E-state index contributed by atoms with van der Waals surface area (Å²) >= 11 is 0. The van der Waals surface area contributed by atoms with Crippen molar-refractivity contribution >= 4 is 5.69 Å². The van der Waals surface area contributed by atoms with Crippen molar-refractivity contribution in [1.82, 2.24) is 15.0 Å². The first-order chi connectivity index (χ1) is 7.25. The first-order valence-electron chi connectivity index (χ1n) is 4.94. The van der Waals surface area contributed by atoms with Gasteiger partial charge in [0.15, 0.2) is 0 Å². The van der Waals surface area contributed by atoms with E-state index in [1.165, 1.54) is 0 Å². The number of pyridine rings is 1. The summed E-state index contributed by atoms with van der Waals surface area (Å²) in [4.78, 5) is 11.4. The molecular weight excluding hydrogens is 188 g/mol. The van der Waals surface area contributed by atoms with Crippen molar-refractivity contribution in [3.05, 3.63) is 42.2 Å². The molecule has 0 saturated heterocycles. The zero-order chi connectivity index (χ0) is 10.7. The highest BCUT2D eigenvalue weighted by Crippen LogP contribution is 2.15. The molecule has 78 valence electrons. The lowest BCUT2D eigenvalue weighted by Gasteiger charge is -2.12. The molecule has 0 fully saturated rings. The Balaban J connectivity index is 2.09. The maximum atomic E-state index is 4.20. The lowest BCUT2D eigenvalue weighted by atomic mass is 10.2. The van der Waals surface area contributed by atoms with E-state index in [9.17, 15) is 0 Å². The van der Waals surface area contributed by atoms with Gasteiger partial charge in [-0.3, -0.25) is 4.98 Å². The molecule has 0 aromatic carbocycles. The maximum Gasteiger partial charge on any atom is 0.128 e. The largest absolute Gasteiger partial charge is 0.375 e. The number of anilines is 1.